The van der Waals surface area contributed by atoms with Crippen molar-refractivity contribution in [3.05, 3.63) is 59.7 Å². The Balaban J connectivity index is 1.65. The van der Waals surface area contributed by atoms with Crippen LogP contribution in [0, 0.1) is 0 Å². The lowest BCUT2D eigenvalue weighted by Gasteiger charge is -2.30. The molecule has 0 N–H and O–H groups in total. The monoisotopic (exact) mass is 323 g/mol. The first kappa shape index (κ1) is 16.2. The van der Waals surface area contributed by atoms with Gasteiger partial charge in [0, 0.05) is 17.8 Å². The van der Waals surface area contributed by atoms with Crippen LogP contribution in [0.2, 0.25) is 0 Å². The maximum atomic E-state index is 12.5. The molecule has 0 atom stereocenters. The number of Topliss-reactive ketones (excluding diaryl/α,β-unsaturated/α-hetero) is 1. The standard InChI is InChI=1S/C20H21NO3/c1-15(22)16-9-10-19-17(14-16)6-5-12-21(19)20(23)11-13-24-18-7-3-2-4-8-18/h2-4,7-10,14H,5-6,11-13H2,1H3. The predicted molar refractivity (Wildman–Crippen MR) is 93.7 cm³/mol. The van der Waals surface area contributed by atoms with Crippen molar-refractivity contribution in [2.45, 2.75) is 26.2 Å². The molecule has 124 valence electrons. The quantitative estimate of drug-likeness (QED) is 0.789. The average Bonchev–Trinajstić information content (AvgIpc) is 2.61. The number of amides is 1. The van der Waals surface area contributed by atoms with Gasteiger partial charge < -0.3 is 9.64 Å². The van der Waals surface area contributed by atoms with E-state index in [1.807, 2.05) is 47.4 Å². The summed E-state index contributed by atoms with van der Waals surface area (Å²) in [5.74, 6) is 0.885. The molecule has 2 aromatic rings. The number of aryl methyl sites for hydroxylation is 1. The Bertz CT molecular complexity index is 740. The number of fused-ring (bicyclic) bond motifs is 1. The van der Waals surface area contributed by atoms with Crippen molar-refractivity contribution in [1.29, 1.82) is 0 Å². The van der Waals surface area contributed by atoms with Crippen LogP contribution in [0.5, 0.6) is 5.75 Å². The average molecular weight is 323 g/mol. The molecule has 0 saturated carbocycles. The van der Waals surface area contributed by atoms with Gasteiger partial charge in [0.25, 0.3) is 0 Å². The van der Waals surface area contributed by atoms with Crippen molar-refractivity contribution < 1.29 is 14.3 Å². The van der Waals surface area contributed by atoms with Crippen LogP contribution in [0.1, 0.15) is 35.7 Å². The van der Waals surface area contributed by atoms with Crippen molar-refractivity contribution in [3.8, 4) is 5.75 Å². The number of benzene rings is 2. The van der Waals surface area contributed by atoms with Crippen molar-refractivity contribution in [1.82, 2.24) is 0 Å². The highest BCUT2D eigenvalue weighted by atomic mass is 16.5. The predicted octanol–water partition coefficient (Wildman–Crippen LogP) is 3.64. The largest absolute Gasteiger partial charge is 0.493 e. The molecule has 0 unspecified atom stereocenters. The summed E-state index contributed by atoms with van der Waals surface area (Å²) in [5, 5.41) is 0. The number of hydrogen-bond donors (Lipinski definition) is 0. The van der Waals surface area contributed by atoms with Crippen LogP contribution in [0.3, 0.4) is 0 Å². The van der Waals surface area contributed by atoms with Gasteiger partial charge in [-0.1, -0.05) is 18.2 Å². The first-order chi connectivity index (χ1) is 11.6. The molecule has 1 heterocycles. The molecule has 1 aliphatic heterocycles. The molecule has 0 bridgehead atoms. The van der Waals surface area contributed by atoms with E-state index in [2.05, 4.69) is 0 Å². The van der Waals surface area contributed by atoms with Crippen LogP contribution < -0.4 is 9.64 Å². The molecular formula is C20H21NO3. The summed E-state index contributed by atoms with van der Waals surface area (Å²) in [6.07, 6.45) is 2.16. The molecule has 3 rings (SSSR count). The second-order valence-electron chi connectivity index (χ2n) is 5.96. The number of para-hydroxylation sites is 1. The van der Waals surface area contributed by atoms with E-state index in [1.165, 1.54) is 0 Å². The Kier molecular flexibility index (Phi) is 4.94. The molecule has 1 amide bonds. The van der Waals surface area contributed by atoms with Crippen LogP contribution in [0.4, 0.5) is 5.69 Å². The molecule has 24 heavy (non-hydrogen) atoms. The maximum Gasteiger partial charge on any atom is 0.230 e. The van der Waals surface area contributed by atoms with Gasteiger partial charge >= 0.3 is 0 Å². The lowest BCUT2D eigenvalue weighted by molar-refractivity contribution is -0.119. The van der Waals surface area contributed by atoms with Crippen LogP contribution in [-0.4, -0.2) is 24.8 Å². The summed E-state index contributed by atoms with van der Waals surface area (Å²) >= 11 is 0. The molecule has 1 aliphatic rings. The summed E-state index contributed by atoms with van der Waals surface area (Å²) in [4.78, 5) is 25.9. The zero-order valence-electron chi connectivity index (χ0n) is 13.8. The van der Waals surface area contributed by atoms with Crippen LogP contribution >= 0.6 is 0 Å². The summed E-state index contributed by atoms with van der Waals surface area (Å²) in [6, 6.07) is 15.1. The summed E-state index contributed by atoms with van der Waals surface area (Å²) in [7, 11) is 0. The normalized spacial score (nSPS) is 13.3. The van der Waals surface area contributed by atoms with Gasteiger partial charge in [-0.2, -0.15) is 0 Å². The van der Waals surface area contributed by atoms with Crippen molar-refractivity contribution in [3.63, 3.8) is 0 Å². The smallest absolute Gasteiger partial charge is 0.230 e. The highest BCUT2D eigenvalue weighted by Gasteiger charge is 2.22. The highest BCUT2D eigenvalue weighted by molar-refractivity contribution is 5.97. The van der Waals surface area contributed by atoms with E-state index in [9.17, 15) is 9.59 Å². The second kappa shape index (κ2) is 7.30. The van der Waals surface area contributed by atoms with E-state index in [-0.39, 0.29) is 11.7 Å². The van der Waals surface area contributed by atoms with Gasteiger partial charge in [0.15, 0.2) is 5.78 Å². The second-order valence-corrected chi connectivity index (χ2v) is 5.96. The third-order valence-electron chi connectivity index (χ3n) is 4.23. The molecule has 4 heteroatoms. The number of rotatable bonds is 5. The third-order valence-corrected chi connectivity index (χ3v) is 4.23. The minimum Gasteiger partial charge on any atom is -0.493 e. The van der Waals surface area contributed by atoms with E-state index in [1.54, 1.807) is 13.0 Å². The minimum absolute atomic E-state index is 0.0533. The molecule has 0 radical (unpaired) electrons. The van der Waals surface area contributed by atoms with Gasteiger partial charge in [-0.3, -0.25) is 9.59 Å². The molecule has 0 aromatic heterocycles. The lowest BCUT2D eigenvalue weighted by Crippen LogP contribution is -2.36. The van der Waals surface area contributed by atoms with Crippen LogP contribution in [0.15, 0.2) is 48.5 Å². The Labute approximate surface area is 142 Å². The lowest BCUT2D eigenvalue weighted by atomic mass is 9.98. The van der Waals surface area contributed by atoms with Gasteiger partial charge in [-0.05, 0) is 55.7 Å². The fraction of sp³-hybridized carbons (Fsp3) is 0.300. The third kappa shape index (κ3) is 3.65. The molecule has 0 fully saturated rings. The Hall–Kier alpha value is -2.62. The van der Waals surface area contributed by atoms with E-state index >= 15 is 0 Å². The van der Waals surface area contributed by atoms with E-state index in [4.69, 9.17) is 4.74 Å². The molecular weight excluding hydrogens is 302 g/mol. The first-order valence-electron chi connectivity index (χ1n) is 8.27. The van der Waals surface area contributed by atoms with Gasteiger partial charge in [-0.15, -0.1) is 0 Å². The fourth-order valence-corrected chi connectivity index (χ4v) is 2.98. The first-order valence-corrected chi connectivity index (χ1v) is 8.27. The Morgan fingerprint density at radius 2 is 1.92 bits per heavy atom. The maximum absolute atomic E-state index is 12.5. The van der Waals surface area contributed by atoms with E-state index < -0.39 is 0 Å². The number of nitrogens with zero attached hydrogens (tertiary/aromatic N) is 1. The number of hydrogen-bond acceptors (Lipinski definition) is 3. The summed E-state index contributed by atoms with van der Waals surface area (Å²) in [5.41, 5.74) is 2.71. The fourth-order valence-electron chi connectivity index (χ4n) is 2.98. The van der Waals surface area contributed by atoms with Gasteiger partial charge in [0.2, 0.25) is 5.91 Å². The minimum atomic E-state index is 0.0533. The SMILES string of the molecule is CC(=O)c1ccc2c(c1)CCCN2C(=O)CCOc1ccccc1. The summed E-state index contributed by atoms with van der Waals surface area (Å²) in [6.45, 7) is 2.64. The van der Waals surface area contributed by atoms with Crippen molar-refractivity contribution >= 4 is 17.4 Å². The molecule has 0 aliphatic carbocycles. The van der Waals surface area contributed by atoms with Crippen LogP contribution in [0.25, 0.3) is 0 Å². The van der Waals surface area contributed by atoms with Crippen molar-refractivity contribution in [2.24, 2.45) is 0 Å². The van der Waals surface area contributed by atoms with E-state index in [0.29, 0.717) is 18.6 Å². The Morgan fingerprint density at radius 1 is 1.12 bits per heavy atom. The zero-order chi connectivity index (χ0) is 16.9. The van der Waals surface area contributed by atoms with Gasteiger partial charge in [-0.25, -0.2) is 0 Å². The van der Waals surface area contributed by atoms with Gasteiger partial charge in [0.1, 0.15) is 5.75 Å². The molecule has 0 saturated heterocycles. The highest BCUT2D eigenvalue weighted by Crippen LogP contribution is 2.28. The number of anilines is 1. The molecule has 0 spiro atoms. The summed E-state index contributed by atoms with van der Waals surface area (Å²) < 4.78 is 5.61. The van der Waals surface area contributed by atoms with E-state index in [0.717, 1.165) is 36.4 Å². The molecule has 4 nitrogen and oxygen atoms in total. The topological polar surface area (TPSA) is 46.6 Å². The number of ketones is 1. The number of carbonyl (C=O) groups excluding carboxylic acids is 2. The number of ether oxygens (including phenoxy) is 1. The zero-order valence-corrected chi connectivity index (χ0v) is 13.8. The van der Waals surface area contributed by atoms with Gasteiger partial charge in [0.05, 0.1) is 13.0 Å². The Morgan fingerprint density at radius 3 is 2.67 bits per heavy atom. The number of carbonyl (C=O) groups is 2. The molecule has 2 aromatic carbocycles. The van der Waals surface area contributed by atoms with Crippen LogP contribution in [-0.2, 0) is 11.2 Å². The van der Waals surface area contributed by atoms with Crippen molar-refractivity contribution in [2.75, 3.05) is 18.1 Å².